The highest BCUT2D eigenvalue weighted by atomic mass is 32.1. The van der Waals surface area contributed by atoms with E-state index in [1.165, 1.54) is 0 Å². The van der Waals surface area contributed by atoms with Crippen molar-refractivity contribution in [1.82, 2.24) is 5.32 Å². The number of nitrogens with zero attached hydrogens (tertiary/aromatic N) is 1. The van der Waals surface area contributed by atoms with Crippen LogP contribution in [0.5, 0.6) is 0 Å². The molecular weight excluding hydrogens is 550 g/mol. The summed E-state index contributed by atoms with van der Waals surface area (Å²) < 4.78 is 11.4. The molecule has 216 valence electrons. The lowest BCUT2D eigenvalue weighted by atomic mass is 9.65. The number of para-hydroxylation sites is 2. The number of carbonyl (C=O) groups is 3. The molecule has 2 aliphatic rings. The smallest absolute Gasteiger partial charge is 0.421 e. The summed E-state index contributed by atoms with van der Waals surface area (Å²) in [4.78, 5) is 42.6. The van der Waals surface area contributed by atoms with Crippen LogP contribution < -0.4 is 15.5 Å². The summed E-state index contributed by atoms with van der Waals surface area (Å²) >= 11 is 5.53. The molecule has 0 saturated carbocycles. The number of rotatable bonds is 5. The van der Waals surface area contributed by atoms with Crippen molar-refractivity contribution in [1.29, 1.82) is 0 Å². The summed E-state index contributed by atoms with van der Waals surface area (Å²) in [7, 11) is 0. The Balaban J connectivity index is 1.47. The number of thiocarbonyl (C=S) groups is 1. The molecule has 0 fully saturated rings. The Bertz CT molecular complexity index is 1520. The van der Waals surface area contributed by atoms with Crippen molar-refractivity contribution in [3.63, 3.8) is 0 Å². The molecule has 1 heterocycles. The van der Waals surface area contributed by atoms with Crippen LogP contribution in [0.3, 0.4) is 0 Å². The Morgan fingerprint density at radius 2 is 1.62 bits per heavy atom. The third-order valence-corrected chi connectivity index (χ3v) is 7.43. The second-order valence-electron chi connectivity index (χ2n) is 11.3. The Morgan fingerprint density at radius 1 is 0.976 bits per heavy atom. The lowest BCUT2D eigenvalue weighted by molar-refractivity contribution is -0.164. The monoisotopic (exact) mass is 583 g/mol. The van der Waals surface area contributed by atoms with Crippen molar-refractivity contribution in [2.45, 2.75) is 50.9 Å². The van der Waals surface area contributed by atoms with E-state index < -0.39 is 34.9 Å². The van der Waals surface area contributed by atoms with Crippen LogP contribution in [0, 0.1) is 5.92 Å². The number of hydrogen-bond acceptors (Lipinski definition) is 6. The van der Waals surface area contributed by atoms with Crippen molar-refractivity contribution in [3.05, 3.63) is 108 Å². The molecule has 0 unspecified atom stereocenters. The summed E-state index contributed by atoms with van der Waals surface area (Å²) in [5, 5.41) is 6.76. The van der Waals surface area contributed by atoms with E-state index in [-0.39, 0.29) is 19.1 Å². The third-order valence-electron chi connectivity index (χ3n) is 7.21. The normalized spacial score (nSPS) is 21.0. The van der Waals surface area contributed by atoms with Gasteiger partial charge >= 0.3 is 12.1 Å². The molecule has 42 heavy (non-hydrogen) atoms. The first kappa shape index (κ1) is 29.0. The highest BCUT2D eigenvalue weighted by molar-refractivity contribution is 7.80. The van der Waals surface area contributed by atoms with E-state index >= 15 is 0 Å². The average molecular weight is 584 g/mol. The average Bonchev–Trinajstić information content (AvgIpc) is 3.20. The second kappa shape index (κ2) is 11.8. The molecule has 0 aromatic heterocycles. The van der Waals surface area contributed by atoms with Crippen molar-refractivity contribution in [2.75, 3.05) is 10.2 Å². The van der Waals surface area contributed by atoms with Gasteiger partial charge in [-0.15, -0.1) is 0 Å². The van der Waals surface area contributed by atoms with E-state index in [4.69, 9.17) is 21.7 Å². The van der Waals surface area contributed by atoms with Crippen molar-refractivity contribution in [3.8, 4) is 0 Å². The lowest BCUT2D eigenvalue weighted by Crippen LogP contribution is -2.54. The number of imide groups is 1. The van der Waals surface area contributed by atoms with E-state index in [9.17, 15) is 14.4 Å². The van der Waals surface area contributed by atoms with Gasteiger partial charge in [0.05, 0.1) is 11.6 Å². The summed E-state index contributed by atoms with van der Waals surface area (Å²) in [5.41, 5.74) is 0.283. The zero-order valence-electron chi connectivity index (χ0n) is 23.7. The van der Waals surface area contributed by atoms with Gasteiger partial charge in [0, 0.05) is 11.7 Å². The predicted octanol–water partition coefficient (Wildman–Crippen LogP) is 5.88. The largest absolute Gasteiger partial charge is 0.460 e. The first-order chi connectivity index (χ1) is 20.1. The van der Waals surface area contributed by atoms with E-state index in [0.29, 0.717) is 16.4 Å². The van der Waals surface area contributed by atoms with Gasteiger partial charge in [-0.3, -0.25) is 9.59 Å². The van der Waals surface area contributed by atoms with Crippen LogP contribution in [0.4, 0.5) is 16.2 Å². The Kier molecular flexibility index (Phi) is 8.13. The van der Waals surface area contributed by atoms with Gasteiger partial charge < -0.3 is 20.1 Å². The molecule has 3 aromatic carbocycles. The van der Waals surface area contributed by atoms with Crippen LogP contribution in [0.2, 0.25) is 0 Å². The van der Waals surface area contributed by atoms with Crippen LogP contribution in [0.15, 0.2) is 97.1 Å². The van der Waals surface area contributed by atoms with Gasteiger partial charge in [-0.25, -0.2) is 9.69 Å². The Morgan fingerprint density at radius 3 is 2.31 bits per heavy atom. The summed E-state index contributed by atoms with van der Waals surface area (Å²) in [6, 6.07) is 25.3. The molecule has 1 spiro atoms. The molecule has 3 aromatic rings. The summed E-state index contributed by atoms with van der Waals surface area (Å²) in [6.07, 6.45) is 2.93. The van der Waals surface area contributed by atoms with Gasteiger partial charge in [-0.2, -0.15) is 0 Å². The third kappa shape index (κ3) is 5.92. The fourth-order valence-electron chi connectivity index (χ4n) is 5.41. The molecule has 1 aliphatic heterocycles. The zero-order valence-corrected chi connectivity index (χ0v) is 24.5. The quantitative estimate of drug-likeness (QED) is 0.218. The molecule has 9 heteroatoms. The van der Waals surface area contributed by atoms with Crippen LogP contribution in [-0.2, 0) is 31.1 Å². The van der Waals surface area contributed by atoms with Crippen LogP contribution in [-0.4, -0.2) is 34.7 Å². The number of esters is 1. The zero-order chi connectivity index (χ0) is 29.9. The first-order valence-corrected chi connectivity index (χ1v) is 14.2. The molecule has 0 saturated heterocycles. The molecule has 0 radical (unpaired) electrons. The van der Waals surface area contributed by atoms with Crippen molar-refractivity contribution in [2.24, 2.45) is 5.92 Å². The fraction of sp³-hybridized carbons (Fsp3) is 0.273. The number of anilines is 2. The van der Waals surface area contributed by atoms with E-state index in [2.05, 4.69) is 10.6 Å². The van der Waals surface area contributed by atoms with E-state index in [1.54, 1.807) is 51.1 Å². The maximum absolute atomic E-state index is 14.4. The molecule has 3 atom stereocenters. The summed E-state index contributed by atoms with van der Waals surface area (Å²) in [6.45, 7) is 5.34. The lowest BCUT2D eigenvalue weighted by Gasteiger charge is -2.39. The maximum Gasteiger partial charge on any atom is 0.421 e. The second-order valence-corrected chi connectivity index (χ2v) is 11.7. The van der Waals surface area contributed by atoms with E-state index in [1.807, 2.05) is 66.7 Å². The minimum absolute atomic E-state index is 0.00179. The molecule has 0 bridgehead atoms. The molecule has 2 amide bonds. The van der Waals surface area contributed by atoms with E-state index in [0.717, 1.165) is 16.2 Å². The SMILES string of the molecule is CC(C)(C)OC(=O)[C@@H]1C[C@@H](NC(=S)Nc2ccccc2)C=C[C@@]12C(=O)N(C(=O)OCc1ccccc1)c1ccccc12. The van der Waals surface area contributed by atoms with Gasteiger partial charge in [0.25, 0.3) is 5.91 Å². The van der Waals surface area contributed by atoms with Crippen molar-refractivity contribution >= 4 is 46.7 Å². The minimum Gasteiger partial charge on any atom is -0.460 e. The number of fused-ring (bicyclic) bond motifs is 2. The number of hydrogen-bond donors (Lipinski definition) is 2. The first-order valence-electron chi connectivity index (χ1n) is 13.8. The number of amides is 2. The highest BCUT2D eigenvalue weighted by Gasteiger charge is 2.60. The number of benzene rings is 3. The number of nitrogens with one attached hydrogen (secondary N) is 2. The Labute approximate surface area is 250 Å². The van der Waals surface area contributed by atoms with Crippen molar-refractivity contribution < 1.29 is 23.9 Å². The molecule has 5 rings (SSSR count). The number of ether oxygens (including phenoxy) is 2. The standard InChI is InChI=1S/C33H33N3O5S/c1-32(2,3)41-28(37)26-20-24(35-30(42)34-23-14-8-5-9-15-23)18-19-33(26)25-16-10-11-17-27(25)36(29(33)38)31(39)40-21-22-12-6-4-7-13-22/h4-19,24,26H,20-21H2,1-3H3,(H2,34,35,42)/t24-,26-,33-/m0/s1. The Hall–Kier alpha value is -4.50. The topological polar surface area (TPSA) is 97.0 Å². The van der Waals surface area contributed by atoms with Gasteiger partial charge in [0.2, 0.25) is 0 Å². The molecule has 2 N–H and O–H groups in total. The summed E-state index contributed by atoms with van der Waals surface area (Å²) in [5.74, 6) is -2.04. The van der Waals surface area contributed by atoms with Crippen LogP contribution in [0.1, 0.15) is 38.3 Å². The van der Waals surface area contributed by atoms with Gasteiger partial charge in [0.1, 0.15) is 17.6 Å². The maximum atomic E-state index is 14.4. The van der Waals surface area contributed by atoms with Crippen LogP contribution in [0.25, 0.3) is 0 Å². The van der Waals surface area contributed by atoms with Gasteiger partial charge in [0.15, 0.2) is 5.11 Å². The predicted molar refractivity (Wildman–Crippen MR) is 165 cm³/mol. The van der Waals surface area contributed by atoms with Gasteiger partial charge in [-0.05, 0) is 68.7 Å². The van der Waals surface area contributed by atoms with Crippen LogP contribution >= 0.6 is 12.2 Å². The fourth-order valence-corrected chi connectivity index (χ4v) is 5.68. The highest BCUT2D eigenvalue weighted by Crippen LogP contribution is 2.51. The number of carbonyl (C=O) groups excluding carboxylic acids is 3. The molecule has 8 nitrogen and oxygen atoms in total. The molecule has 1 aliphatic carbocycles. The minimum atomic E-state index is -1.46. The molecular formula is C33H33N3O5S. The van der Waals surface area contributed by atoms with Gasteiger partial charge in [-0.1, -0.05) is 78.9 Å².